The van der Waals surface area contributed by atoms with E-state index in [9.17, 15) is 4.79 Å². The summed E-state index contributed by atoms with van der Waals surface area (Å²) in [4.78, 5) is 20.7. The molecule has 2 rings (SSSR count). The van der Waals surface area contributed by atoms with Crippen LogP contribution in [-0.2, 0) is 4.74 Å². The lowest BCUT2D eigenvalue weighted by molar-refractivity contribution is 0.164. The van der Waals surface area contributed by atoms with Crippen molar-refractivity contribution >= 4 is 5.82 Å². The highest BCUT2D eigenvalue weighted by Crippen LogP contribution is 2.14. The monoisotopic (exact) mass is 266 g/mol. The SMILES string of the molecule is COC[C@@H](C)N[C@H]1CCCN(c2ncc[nH]c2=O)C1. The van der Waals surface area contributed by atoms with Gasteiger partial charge in [-0.2, -0.15) is 0 Å². The van der Waals surface area contributed by atoms with Crippen molar-refractivity contribution in [3.63, 3.8) is 0 Å². The van der Waals surface area contributed by atoms with Crippen LogP contribution in [0.4, 0.5) is 5.82 Å². The standard InChI is InChI=1S/C13H22N4O2/c1-10(9-19-2)16-11-4-3-7-17(8-11)12-13(18)15-6-5-14-12/h5-6,10-11,16H,3-4,7-9H2,1-2H3,(H,15,18)/t10-,11+/m1/s1. The van der Waals surface area contributed by atoms with E-state index in [1.807, 2.05) is 0 Å². The average molecular weight is 266 g/mol. The third-order valence-corrected chi connectivity index (χ3v) is 3.35. The van der Waals surface area contributed by atoms with Crippen LogP contribution in [0.3, 0.4) is 0 Å². The summed E-state index contributed by atoms with van der Waals surface area (Å²) in [7, 11) is 1.71. The Morgan fingerprint density at radius 1 is 1.68 bits per heavy atom. The van der Waals surface area contributed by atoms with Crippen LogP contribution < -0.4 is 15.8 Å². The van der Waals surface area contributed by atoms with Gasteiger partial charge in [0.15, 0.2) is 5.82 Å². The molecule has 0 saturated carbocycles. The maximum atomic E-state index is 11.7. The molecule has 0 radical (unpaired) electrons. The first-order chi connectivity index (χ1) is 9.20. The number of methoxy groups -OCH3 is 1. The van der Waals surface area contributed by atoms with Gasteiger partial charge in [-0.05, 0) is 19.8 Å². The van der Waals surface area contributed by atoms with Gasteiger partial charge in [0.05, 0.1) is 6.61 Å². The van der Waals surface area contributed by atoms with Gasteiger partial charge in [0, 0.05) is 44.7 Å². The molecule has 1 aromatic rings. The molecule has 0 aliphatic carbocycles. The molecule has 6 nitrogen and oxygen atoms in total. The number of hydrogen-bond donors (Lipinski definition) is 2. The fraction of sp³-hybridized carbons (Fsp3) is 0.692. The molecule has 1 aromatic heterocycles. The second-order valence-electron chi connectivity index (χ2n) is 5.05. The minimum Gasteiger partial charge on any atom is -0.383 e. The summed E-state index contributed by atoms with van der Waals surface area (Å²) in [5, 5.41) is 3.53. The van der Waals surface area contributed by atoms with Crippen LogP contribution in [0.25, 0.3) is 0 Å². The molecule has 0 spiro atoms. The number of rotatable bonds is 5. The van der Waals surface area contributed by atoms with Gasteiger partial charge in [-0.15, -0.1) is 0 Å². The number of hydrogen-bond acceptors (Lipinski definition) is 5. The lowest BCUT2D eigenvalue weighted by atomic mass is 10.0. The first-order valence-electron chi connectivity index (χ1n) is 6.74. The van der Waals surface area contributed by atoms with Gasteiger partial charge < -0.3 is 19.9 Å². The molecule has 6 heteroatoms. The molecular weight excluding hydrogens is 244 g/mol. The van der Waals surface area contributed by atoms with Gasteiger partial charge in [0.25, 0.3) is 5.56 Å². The van der Waals surface area contributed by atoms with E-state index in [0.29, 0.717) is 24.5 Å². The average Bonchev–Trinajstić information content (AvgIpc) is 2.40. The Morgan fingerprint density at radius 3 is 3.26 bits per heavy atom. The molecule has 106 valence electrons. The first-order valence-corrected chi connectivity index (χ1v) is 6.74. The van der Waals surface area contributed by atoms with Gasteiger partial charge in [0.1, 0.15) is 0 Å². The molecule has 19 heavy (non-hydrogen) atoms. The number of aromatic nitrogens is 2. The summed E-state index contributed by atoms with van der Waals surface area (Å²) >= 11 is 0. The van der Waals surface area contributed by atoms with E-state index in [1.165, 1.54) is 0 Å². The van der Waals surface area contributed by atoms with E-state index in [2.05, 4.69) is 27.1 Å². The number of aromatic amines is 1. The zero-order valence-corrected chi connectivity index (χ0v) is 11.6. The maximum Gasteiger partial charge on any atom is 0.290 e. The minimum atomic E-state index is -0.118. The first kappa shape index (κ1) is 14.0. The fourth-order valence-electron chi connectivity index (χ4n) is 2.58. The van der Waals surface area contributed by atoms with E-state index in [1.54, 1.807) is 19.5 Å². The van der Waals surface area contributed by atoms with Crippen molar-refractivity contribution in [3.8, 4) is 0 Å². The van der Waals surface area contributed by atoms with Crippen molar-refractivity contribution < 1.29 is 4.74 Å². The van der Waals surface area contributed by atoms with Crippen molar-refractivity contribution in [1.82, 2.24) is 15.3 Å². The van der Waals surface area contributed by atoms with Gasteiger partial charge in [-0.25, -0.2) is 4.98 Å². The Bertz CT molecular complexity index is 448. The van der Waals surface area contributed by atoms with Crippen molar-refractivity contribution in [3.05, 3.63) is 22.7 Å². The van der Waals surface area contributed by atoms with Crippen LogP contribution in [-0.4, -0.2) is 48.9 Å². The predicted octanol–water partition coefficient (Wildman–Crippen LogP) is 0.363. The topological polar surface area (TPSA) is 70.2 Å². The Labute approximate surface area is 113 Å². The molecule has 0 amide bonds. The van der Waals surface area contributed by atoms with Crippen LogP contribution in [0, 0.1) is 0 Å². The number of ether oxygens (including phenoxy) is 1. The molecular formula is C13H22N4O2. The predicted molar refractivity (Wildman–Crippen MR) is 74.6 cm³/mol. The van der Waals surface area contributed by atoms with Crippen LogP contribution in [0.2, 0.25) is 0 Å². The third-order valence-electron chi connectivity index (χ3n) is 3.35. The summed E-state index contributed by atoms with van der Waals surface area (Å²) in [5.74, 6) is 0.522. The van der Waals surface area contributed by atoms with Crippen LogP contribution >= 0.6 is 0 Å². The highest BCUT2D eigenvalue weighted by atomic mass is 16.5. The van der Waals surface area contributed by atoms with Crippen LogP contribution in [0.5, 0.6) is 0 Å². The number of nitrogens with zero attached hydrogens (tertiary/aromatic N) is 2. The molecule has 1 aliphatic rings. The largest absolute Gasteiger partial charge is 0.383 e. The fourth-order valence-corrected chi connectivity index (χ4v) is 2.58. The molecule has 2 atom stereocenters. The van der Waals surface area contributed by atoms with Gasteiger partial charge in [-0.1, -0.05) is 0 Å². The molecule has 2 heterocycles. The highest BCUT2D eigenvalue weighted by Gasteiger charge is 2.23. The van der Waals surface area contributed by atoms with Gasteiger partial charge in [-0.3, -0.25) is 4.79 Å². The summed E-state index contributed by atoms with van der Waals surface area (Å²) in [6.45, 7) is 4.50. The van der Waals surface area contributed by atoms with Crippen molar-refractivity contribution in [2.75, 3.05) is 31.7 Å². The molecule has 0 aromatic carbocycles. The summed E-state index contributed by atoms with van der Waals surface area (Å²) in [5.41, 5.74) is -0.118. The molecule has 1 saturated heterocycles. The number of anilines is 1. The Morgan fingerprint density at radius 2 is 2.53 bits per heavy atom. The maximum absolute atomic E-state index is 11.7. The van der Waals surface area contributed by atoms with Crippen molar-refractivity contribution in [1.29, 1.82) is 0 Å². The number of H-pyrrole nitrogens is 1. The highest BCUT2D eigenvalue weighted by molar-refractivity contribution is 5.36. The summed E-state index contributed by atoms with van der Waals surface area (Å²) in [6, 6.07) is 0.692. The van der Waals surface area contributed by atoms with Crippen molar-refractivity contribution in [2.45, 2.75) is 31.8 Å². The van der Waals surface area contributed by atoms with Gasteiger partial charge >= 0.3 is 0 Å². The Balaban J connectivity index is 1.97. The quantitative estimate of drug-likeness (QED) is 0.805. The van der Waals surface area contributed by atoms with E-state index in [0.717, 1.165) is 25.9 Å². The zero-order valence-electron chi connectivity index (χ0n) is 11.6. The van der Waals surface area contributed by atoms with Gasteiger partial charge in [0.2, 0.25) is 0 Å². The molecule has 0 bridgehead atoms. The minimum absolute atomic E-state index is 0.118. The zero-order chi connectivity index (χ0) is 13.7. The lowest BCUT2D eigenvalue weighted by Crippen LogP contribution is -2.50. The van der Waals surface area contributed by atoms with Crippen molar-refractivity contribution in [2.24, 2.45) is 0 Å². The summed E-state index contributed by atoms with van der Waals surface area (Å²) < 4.78 is 5.13. The van der Waals surface area contributed by atoms with E-state index in [-0.39, 0.29) is 5.56 Å². The number of nitrogens with one attached hydrogen (secondary N) is 2. The Hall–Kier alpha value is -1.40. The normalized spacial score (nSPS) is 21.4. The van der Waals surface area contributed by atoms with E-state index < -0.39 is 0 Å². The third kappa shape index (κ3) is 3.78. The second-order valence-corrected chi connectivity index (χ2v) is 5.05. The molecule has 2 N–H and O–H groups in total. The smallest absolute Gasteiger partial charge is 0.290 e. The second kappa shape index (κ2) is 6.68. The van der Waals surface area contributed by atoms with Crippen LogP contribution in [0.1, 0.15) is 19.8 Å². The molecule has 0 unspecified atom stereocenters. The van der Waals surface area contributed by atoms with Crippen LogP contribution in [0.15, 0.2) is 17.2 Å². The Kier molecular flexibility index (Phi) is 4.93. The molecule has 1 aliphatic heterocycles. The molecule has 1 fully saturated rings. The lowest BCUT2D eigenvalue weighted by Gasteiger charge is -2.34. The number of piperidine rings is 1. The summed E-state index contributed by atoms with van der Waals surface area (Å²) in [6.07, 6.45) is 5.37. The van der Waals surface area contributed by atoms with E-state index in [4.69, 9.17) is 4.74 Å². The van der Waals surface area contributed by atoms with E-state index >= 15 is 0 Å².